The third-order valence-corrected chi connectivity index (χ3v) is 38.2. The number of aromatic nitrogens is 7. The fourth-order valence-corrected chi connectivity index (χ4v) is 31.9. The standard InChI is InChI=1S/C26H31NOS.2C24H30N2O2.C24H30N2OS/c1-25-13-11-17(28)15-16(25)7-8-18-20-9-10-22(26(20,2)14-12-21(18)25)24-19-5-3-4-6-23(19)27-29-24;1-23-10-7-16(27)13-15(23)3-4-17-18-5-6-20(24(18,2)11-8-19(17)23)21-14-25-22-9-12-28-26(21)22;2*1-23-9-7-16(27)13-15(23)3-4-17-18-5-6-20(24(18,2)10-8-19(17)23)21-14-25-22-26(21)11-12-28-22/h3-7,10,17-18,20-21,28H,8-9,11-15H2,1-2H3;3,6,9,12,14,16-19,27H,4-5,7-8,10-11,13H2,1-2H3;2*3,6,11-12,14,16-19,27H,4-5,7-10,13H2,1-2H3/t17-,18?,20?,21?,25-,26-;3*16-,17?,18?,19?,23-,24-/m0000/s1. The second-order valence-corrected chi connectivity index (χ2v) is 42.6. The lowest BCUT2D eigenvalue weighted by molar-refractivity contribution is -0.0239. The third-order valence-electron chi connectivity index (χ3n) is 36.5. The summed E-state index contributed by atoms with van der Waals surface area (Å²) in [5.74, 6) is 9.76. The van der Waals surface area contributed by atoms with Crippen LogP contribution in [0.15, 0.2) is 159 Å². The van der Waals surface area contributed by atoms with E-state index in [2.05, 4.69) is 170 Å². The highest BCUT2D eigenvalue weighted by atomic mass is 32.1. The first-order valence-electron chi connectivity index (χ1n) is 44.4. The van der Waals surface area contributed by atoms with Gasteiger partial charge in [-0.15, -0.1) is 11.3 Å². The van der Waals surface area contributed by atoms with Gasteiger partial charge in [0, 0.05) is 29.2 Å². The first-order chi connectivity index (χ1) is 54.5. The molecule has 0 spiro atoms. The van der Waals surface area contributed by atoms with E-state index in [1.54, 1.807) is 68.8 Å². The van der Waals surface area contributed by atoms with Gasteiger partial charge in [0.15, 0.2) is 10.6 Å². The molecule has 0 aliphatic heterocycles. The Morgan fingerprint density at radius 3 is 1.28 bits per heavy atom. The molecule has 13 nitrogen and oxygen atoms in total. The Morgan fingerprint density at radius 1 is 0.398 bits per heavy atom. The molecule has 0 bridgehead atoms. The second kappa shape index (κ2) is 27.0. The molecule has 0 amide bonds. The molecule has 0 radical (unpaired) electrons. The highest BCUT2D eigenvalue weighted by Crippen LogP contribution is 2.72. The Balaban J connectivity index is 0.0000000949. The molecule has 4 N–H and O–H groups in total. The van der Waals surface area contributed by atoms with Gasteiger partial charge in [-0.3, -0.25) is 8.80 Å². The Morgan fingerprint density at radius 2 is 0.805 bits per heavy atom. The maximum absolute atomic E-state index is 10.2. The summed E-state index contributed by atoms with van der Waals surface area (Å²) in [6.07, 6.45) is 65.5. The molecule has 0 saturated heterocycles. The Bertz CT molecular complexity index is 4950. The normalized spacial score (nSPS) is 42.2. The van der Waals surface area contributed by atoms with Crippen molar-refractivity contribution in [3.8, 4) is 0 Å². The molecule has 7 aromatic heterocycles. The fraction of sp³-hybridized carbons (Fsp3) is 0.612. The van der Waals surface area contributed by atoms with Gasteiger partial charge < -0.3 is 29.4 Å². The van der Waals surface area contributed by atoms with E-state index < -0.39 is 0 Å². The number of aliphatic hydroxyl groups excluding tert-OH is 4. The molecule has 24 rings (SSSR count). The van der Waals surface area contributed by atoms with Crippen LogP contribution >= 0.6 is 22.9 Å². The van der Waals surface area contributed by atoms with Crippen LogP contribution in [0.2, 0.25) is 0 Å². The summed E-state index contributed by atoms with van der Waals surface area (Å²) in [5.41, 5.74) is 20.2. The summed E-state index contributed by atoms with van der Waals surface area (Å²) in [7, 11) is 0. The number of thiazole rings is 1. The summed E-state index contributed by atoms with van der Waals surface area (Å²) in [4.78, 5) is 16.2. The van der Waals surface area contributed by atoms with E-state index in [9.17, 15) is 20.4 Å². The van der Waals surface area contributed by atoms with Gasteiger partial charge in [-0.2, -0.15) is 8.95 Å². The molecule has 596 valence electrons. The Labute approximate surface area is 676 Å². The number of rotatable bonds is 4. The van der Waals surface area contributed by atoms with Crippen LogP contribution < -0.4 is 0 Å². The van der Waals surface area contributed by atoms with Crippen LogP contribution in [0.4, 0.5) is 0 Å². The van der Waals surface area contributed by atoms with Crippen molar-refractivity contribution in [2.45, 2.75) is 260 Å². The molecule has 8 fully saturated rings. The van der Waals surface area contributed by atoms with E-state index in [4.69, 9.17) is 13.3 Å². The highest BCUT2D eigenvalue weighted by molar-refractivity contribution is 7.15. The molecular weight excluding hydrogens is 1440 g/mol. The van der Waals surface area contributed by atoms with Gasteiger partial charge >= 0.3 is 5.84 Å². The first-order valence-corrected chi connectivity index (χ1v) is 46.1. The molecule has 16 aliphatic rings. The summed E-state index contributed by atoms with van der Waals surface area (Å²) in [6, 6.07) is 10.6. The van der Waals surface area contributed by atoms with Crippen molar-refractivity contribution >= 4 is 72.5 Å². The highest BCUT2D eigenvalue weighted by Gasteiger charge is 2.63. The number of imidazole rings is 3. The summed E-state index contributed by atoms with van der Waals surface area (Å²) in [5, 5.41) is 44.3. The fourth-order valence-electron chi connectivity index (χ4n) is 30.2. The first kappa shape index (κ1) is 74.1. The van der Waals surface area contributed by atoms with Crippen LogP contribution in [0.3, 0.4) is 0 Å². The molecule has 15 heteroatoms. The Kier molecular flexibility index (Phi) is 17.7. The van der Waals surface area contributed by atoms with E-state index in [1.807, 2.05) is 29.2 Å². The van der Waals surface area contributed by atoms with Gasteiger partial charge in [-0.05, 0) is 334 Å². The summed E-state index contributed by atoms with van der Waals surface area (Å²) >= 11 is 3.43. The minimum Gasteiger partial charge on any atom is -0.432 e. The van der Waals surface area contributed by atoms with Crippen LogP contribution in [0.25, 0.3) is 49.6 Å². The lowest BCUT2D eigenvalue weighted by atomic mass is 9.47. The van der Waals surface area contributed by atoms with Gasteiger partial charge in [0.1, 0.15) is 18.2 Å². The van der Waals surface area contributed by atoms with E-state index in [-0.39, 0.29) is 46.1 Å². The predicted molar refractivity (Wildman–Crippen MR) is 452 cm³/mol. The van der Waals surface area contributed by atoms with E-state index in [1.165, 1.54) is 148 Å². The maximum Gasteiger partial charge on any atom is 0.306 e. The number of aliphatic hydroxyl groups is 4. The predicted octanol–water partition coefficient (Wildman–Crippen LogP) is 22.8. The van der Waals surface area contributed by atoms with Crippen molar-refractivity contribution < 1.29 is 29.4 Å². The number of fused-ring (bicyclic) bond motifs is 24. The smallest absolute Gasteiger partial charge is 0.306 e. The topological polar surface area (TPSA) is 172 Å². The van der Waals surface area contributed by atoms with Crippen molar-refractivity contribution in [1.29, 1.82) is 0 Å². The van der Waals surface area contributed by atoms with Gasteiger partial charge in [0.05, 0.1) is 64.8 Å². The van der Waals surface area contributed by atoms with Crippen molar-refractivity contribution in [3.63, 3.8) is 0 Å². The van der Waals surface area contributed by atoms with Crippen LogP contribution in [-0.4, -0.2) is 77.5 Å². The number of benzene rings is 1. The van der Waals surface area contributed by atoms with Crippen LogP contribution in [-0.2, 0) is 0 Å². The lowest BCUT2D eigenvalue weighted by Gasteiger charge is -2.57. The number of hydrogen-bond donors (Lipinski definition) is 4. The van der Waals surface area contributed by atoms with E-state index in [0.717, 1.165) is 145 Å². The minimum atomic E-state index is -0.123. The SMILES string of the molecule is C[C@]12CC[C@H](O)CC1=CCC1C2CC[C@]2(C)C(c3cnc4ccon34)=CCC12.C[C@]12CC[C@H](O)CC1=CCC1C2CC[C@]2(C)C(c3cnc4occn34)=CCC12.C[C@]12CC[C@H](O)CC1=CCC1C2CC[C@]2(C)C(c3cnc4sccn34)=CCC12.C[C@]12CC[C@H](O)CC1=CCC1C2CC[C@]2(C)C(c3snc4ccccc34)=CCC12. The van der Waals surface area contributed by atoms with Gasteiger partial charge in [-0.25, -0.2) is 15.0 Å². The molecular formula is C98H121N7O6S2. The second-order valence-electron chi connectivity index (χ2n) is 41.0. The molecule has 113 heavy (non-hydrogen) atoms. The molecule has 16 aliphatic carbocycles. The van der Waals surface area contributed by atoms with Crippen molar-refractivity contribution in [2.75, 3.05) is 0 Å². The zero-order valence-corrected chi connectivity index (χ0v) is 69.8. The van der Waals surface area contributed by atoms with Crippen LogP contribution in [0.5, 0.6) is 0 Å². The summed E-state index contributed by atoms with van der Waals surface area (Å²) in [6.45, 7) is 20.1. The zero-order chi connectivity index (χ0) is 77.1. The van der Waals surface area contributed by atoms with E-state index >= 15 is 0 Å². The number of hydrogen-bond acceptors (Lipinski definition) is 12. The van der Waals surface area contributed by atoms with Crippen molar-refractivity contribution in [2.24, 2.45) is 114 Å². The van der Waals surface area contributed by atoms with Crippen LogP contribution in [0.1, 0.15) is 257 Å². The molecule has 1 aromatic carbocycles. The Hall–Kier alpha value is -6.46. The van der Waals surface area contributed by atoms with Crippen molar-refractivity contribution in [3.05, 3.63) is 172 Å². The average Bonchev–Trinajstić information content (AvgIpc) is 1.66. The van der Waals surface area contributed by atoms with Gasteiger partial charge in [0.2, 0.25) is 0 Å². The lowest BCUT2D eigenvalue weighted by Crippen LogP contribution is -2.49. The quantitative estimate of drug-likeness (QED) is 0.124. The van der Waals surface area contributed by atoms with Crippen molar-refractivity contribution in [1.82, 2.24) is 32.7 Å². The largest absolute Gasteiger partial charge is 0.432 e. The average molecular weight is 1560 g/mol. The zero-order valence-electron chi connectivity index (χ0n) is 68.2. The maximum atomic E-state index is 10.2. The molecule has 24 atom stereocenters. The number of allylic oxidation sites excluding steroid dienone is 12. The van der Waals surface area contributed by atoms with Crippen LogP contribution in [0, 0.1) is 114 Å². The molecule has 8 aromatic rings. The number of oxazole rings is 1. The summed E-state index contributed by atoms with van der Waals surface area (Å²) < 4.78 is 22.2. The van der Waals surface area contributed by atoms with Gasteiger partial charge in [-0.1, -0.05) is 144 Å². The number of nitrogens with zero attached hydrogens (tertiary/aromatic N) is 7. The molecule has 7 heterocycles. The van der Waals surface area contributed by atoms with Gasteiger partial charge in [0.25, 0.3) is 0 Å². The monoisotopic (exact) mass is 1560 g/mol. The third kappa shape index (κ3) is 11.2. The van der Waals surface area contributed by atoms with E-state index in [0.29, 0.717) is 39.3 Å². The molecule has 12 unspecified atom stereocenters. The minimum absolute atomic E-state index is 0.112. The molecule has 8 saturated carbocycles.